The summed E-state index contributed by atoms with van der Waals surface area (Å²) in [5, 5.41) is 0. The van der Waals surface area contributed by atoms with Crippen LogP contribution >= 0.6 is 15.9 Å². The molecule has 0 saturated carbocycles. The Morgan fingerprint density at radius 2 is 2.31 bits per heavy atom. The molecule has 0 aliphatic carbocycles. The molecule has 0 fully saturated rings. The van der Waals surface area contributed by atoms with Crippen LogP contribution in [0.2, 0.25) is 0 Å². The van der Waals surface area contributed by atoms with Gasteiger partial charge in [0.25, 0.3) is 0 Å². The lowest BCUT2D eigenvalue weighted by atomic mass is 10.3. The molecule has 0 aliphatic rings. The second kappa shape index (κ2) is 4.84. The predicted molar refractivity (Wildman–Crippen MR) is 66.3 cm³/mol. The van der Waals surface area contributed by atoms with Crippen LogP contribution in [0.4, 0.5) is 5.69 Å². The predicted octanol–water partition coefficient (Wildman–Crippen LogP) is 2.75. The first-order valence-electron chi connectivity index (χ1n) is 5.04. The zero-order chi connectivity index (χ0) is 11.5. The molecule has 0 radical (unpaired) electrons. The normalized spacial score (nSPS) is 11.1. The van der Waals surface area contributed by atoms with Gasteiger partial charge in [-0.1, -0.05) is 15.9 Å². The summed E-state index contributed by atoms with van der Waals surface area (Å²) in [7, 11) is 1.68. The molecule has 0 bridgehead atoms. The molecule has 0 saturated heterocycles. The van der Waals surface area contributed by atoms with Gasteiger partial charge in [-0.25, -0.2) is 4.98 Å². The van der Waals surface area contributed by atoms with Crippen molar-refractivity contribution in [3.8, 4) is 0 Å². The molecule has 2 rings (SSSR count). The van der Waals surface area contributed by atoms with Crippen molar-refractivity contribution in [2.75, 3.05) is 19.5 Å². The van der Waals surface area contributed by atoms with E-state index >= 15 is 0 Å². The maximum absolute atomic E-state index is 5.84. The Morgan fingerprint density at radius 3 is 3.06 bits per heavy atom. The zero-order valence-corrected chi connectivity index (χ0v) is 10.6. The van der Waals surface area contributed by atoms with Gasteiger partial charge in [0.2, 0.25) is 0 Å². The van der Waals surface area contributed by atoms with Crippen LogP contribution in [0.3, 0.4) is 0 Å². The number of aryl methyl sites for hydroxylation is 1. The number of methoxy groups -OCH3 is 1. The number of halogens is 1. The van der Waals surface area contributed by atoms with Crippen molar-refractivity contribution in [2.45, 2.75) is 12.8 Å². The summed E-state index contributed by atoms with van der Waals surface area (Å²) >= 11 is 3.37. The quantitative estimate of drug-likeness (QED) is 0.693. The maximum Gasteiger partial charge on any atom is 0.195 e. The molecular formula is C11H13BrN2O2. The third-order valence-corrected chi connectivity index (χ3v) is 2.72. The maximum atomic E-state index is 5.84. The van der Waals surface area contributed by atoms with Crippen molar-refractivity contribution in [1.82, 2.24) is 4.98 Å². The summed E-state index contributed by atoms with van der Waals surface area (Å²) in [6.45, 7) is 0.706. The van der Waals surface area contributed by atoms with Gasteiger partial charge in [0.05, 0.1) is 5.69 Å². The summed E-state index contributed by atoms with van der Waals surface area (Å²) in [5.74, 6) is 0.705. The smallest absolute Gasteiger partial charge is 0.195 e. The number of nitrogens with zero attached hydrogens (tertiary/aromatic N) is 1. The fourth-order valence-electron chi connectivity index (χ4n) is 1.54. The van der Waals surface area contributed by atoms with Gasteiger partial charge in [0.1, 0.15) is 5.52 Å². The average molecular weight is 285 g/mol. The van der Waals surface area contributed by atoms with Crippen molar-refractivity contribution in [1.29, 1.82) is 0 Å². The fraction of sp³-hybridized carbons (Fsp3) is 0.364. The highest BCUT2D eigenvalue weighted by atomic mass is 79.9. The van der Waals surface area contributed by atoms with E-state index in [1.807, 2.05) is 12.1 Å². The van der Waals surface area contributed by atoms with Crippen LogP contribution in [0.5, 0.6) is 0 Å². The Kier molecular flexibility index (Phi) is 3.46. The van der Waals surface area contributed by atoms with Crippen LogP contribution in [0.25, 0.3) is 11.1 Å². The minimum Gasteiger partial charge on any atom is -0.439 e. The molecule has 2 N–H and O–H groups in total. The first-order chi connectivity index (χ1) is 7.70. The molecule has 1 aromatic heterocycles. The highest BCUT2D eigenvalue weighted by Gasteiger charge is 2.09. The fourth-order valence-corrected chi connectivity index (χ4v) is 2.01. The van der Waals surface area contributed by atoms with Crippen molar-refractivity contribution >= 4 is 32.7 Å². The lowest BCUT2D eigenvalue weighted by Crippen LogP contribution is -1.92. The van der Waals surface area contributed by atoms with E-state index in [0.29, 0.717) is 23.8 Å². The summed E-state index contributed by atoms with van der Waals surface area (Å²) in [6.07, 6.45) is 1.66. The Balaban J connectivity index is 2.26. The third kappa shape index (κ3) is 2.36. The molecule has 0 amide bonds. The van der Waals surface area contributed by atoms with Crippen molar-refractivity contribution in [3.63, 3.8) is 0 Å². The molecule has 0 atom stereocenters. The number of nitrogens with two attached hydrogens (primary N) is 1. The average Bonchev–Trinajstić information content (AvgIpc) is 2.61. The number of ether oxygens (including phenoxy) is 1. The second-order valence-corrected chi connectivity index (χ2v) is 4.46. The number of aromatic nitrogens is 1. The van der Waals surface area contributed by atoms with Crippen LogP contribution in [-0.2, 0) is 11.2 Å². The van der Waals surface area contributed by atoms with Crippen LogP contribution in [-0.4, -0.2) is 18.7 Å². The van der Waals surface area contributed by atoms with E-state index in [0.717, 1.165) is 22.8 Å². The minimum absolute atomic E-state index is 0.606. The Bertz CT molecular complexity index is 496. The molecule has 1 aromatic carbocycles. The Labute approximate surface area is 102 Å². The van der Waals surface area contributed by atoms with Crippen LogP contribution < -0.4 is 5.73 Å². The summed E-state index contributed by atoms with van der Waals surface area (Å²) in [6, 6.07) is 3.71. The molecule has 16 heavy (non-hydrogen) atoms. The number of fused-ring (bicyclic) bond motifs is 1. The first-order valence-corrected chi connectivity index (χ1v) is 5.83. The van der Waals surface area contributed by atoms with E-state index in [1.165, 1.54) is 0 Å². The molecular weight excluding hydrogens is 272 g/mol. The number of benzene rings is 1. The van der Waals surface area contributed by atoms with Crippen molar-refractivity contribution in [3.05, 3.63) is 22.5 Å². The number of hydrogen-bond acceptors (Lipinski definition) is 4. The molecule has 86 valence electrons. The van der Waals surface area contributed by atoms with E-state index in [1.54, 1.807) is 7.11 Å². The Hall–Kier alpha value is -1.07. The van der Waals surface area contributed by atoms with E-state index in [4.69, 9.17) is 14.9 Å². The minimum atomic E-state index is 0.606. The molecule has 5 heteroatoms. The van der Waals surface area contributed by atoms with Crippen LogP contribution in [0.15, 0.2) is 21.0 Å². The van der Waals surface area contributed by atoms with E-state index in [2.05, 4.69) is 20.9 Å². The lowest BCUT2D eigenvalue weighted by Gasteiger charge is -1.95. The van der Waals surface area contributed by atoms with E-state index in [-0.39, 0.29) is 0 Å². The van der Waals surface area contributed by atoms with E-state index < -0.39 is 0 Å². The summed E-state index contributed by atoms with van der Waals surface area (Å²) < 4.78 is 11.5. The summed E-state index contributed by atoms with van der Waals surface area (Å²) in [5.41, 5.74) is 7.90. The highest BCUT2D eigenvalue weighted by Crippen LogP contribution is 2.27. The van der Waals surface area contributed by atoms with Crippen LogP contribution in [0.1, 0.15) is 12.3 Å². The molecule has 0 spiro atoms. The number of oxazole rings is 1. The SMILES string of the molecule is COCCCc1nc2cc(Br)cc(N)c2o1. The number of anilines is 1. The molecule has 0 unspecified atom stereocenters. The second-order valence-electron chi connectivity index (χ2n) is 3.55. The van der Waals surface area contributed by atoms with Gasteiger partial charge in [0.15, 0.2) is 11.5 Å². The first kappa shape index (κ1) is 11.4. The van der Waals surface area contributed by atoms with Gasteiger partial charge >= 0.3 is 0 Å². The van der Waals surface area contributed by atoms with E-state index in [9.17, 15) is 0 Å². The number of hydrogen-bond donors (Lipinski definition) is 1. The van der Waals surface area contributed by atoms with Crippen molar-refractivity contribution in [2.24, 2.45) is 0 Å². The lowest BCUT2D eigenvalue weighted by molar-refractivity contribution is 0.193. The Morgan fingerprint density at radius 1 is 1.50 bits per heavy atom. The van der Waals surface area contributed by atoms with Gasteiger partial charge in [-0.15, -0.1) is 0 Å². The molecule has 0 aliphatic heterocycles. The third-order valence-electron chi connectivity index (χ3n) is 2.27. The summed E-state index contributed by atoms with van der Waals surface area (Å²) in [4.78, 5) is 4.37. The number of nitrogen functional groups attached to an aromatic ring is 1. The molecule has 2 aromatic rings. The monoisotopic (exact) mass is 284 g/mol. The molecule has 1 heterocycles. The standard InChI is InChI=1S/C11H13BrN2O2/c1-15-4-2-3-10-14-9-6-7(12)5-8(13)11(9)16-10/h5-6H,2-4,13H2,1H3. The van der Waals surface area contributed by atoms with Gasteiger partial charge in [-0.3, -0.25) is 0 Å². The van der Waals surface area contributed by atoms with Gasteiger partial charge in [0, 0.05) is 24.6 Å². The van der Waals surface area contributed by atoms with Gasteiger partial charge < -0.3 is 14.9 Å². The van der Waals surface area contributed by atoms with Gasteiger partial charge in [-0.2, -0.15) is 0 Å². The molecule has 4 nitrogen and oxygen atoms in total. The van der Waals surface area contributed by atoms with Gasteiger partial charge in [-0.05, 0) is 18.6 Å². The van der Waals surface area contributed by atoms with Crippen LogP contribution in [0, 0.1) is 0 Å². The zero-order valence-electron chi connectivity index (χ0n) is 9.00. The topological polar surface area (TPSA) is 61.3 Å². The largest absolute Gasteiger partial charge is 0.439 e. The highest BCUT2D eigenvalue weighted by molar-refractivity contribution is 9.10. The number of rotatable bonds is 4. The van der Waals surface area contributed by atoms with Crippen molar-refractivity contribution < 1.29 is 9.15 Å².